The zero-order valence-corrected chi connectivity index (χ0v) is 14.9. The van der Waals surface area contributed by atoms with Gasteiger partial charge in [0, 0.05) is 17.7 Å². The Labute approximate surface area is 161 Å². The number of nitrogens with one attached hydrogen (secondary N) is 1. The van der Waals surface area contributed by atoms with E-state index >= 15 is 0 Å². The van der Waals surface area contributed by atoms with E-state index in [2.05, 4.69) is 5.32 Å². The number of hydrogen-bond acceptors (Lipinski definition) is 3. The molecule has 0 saturated heterocycles. The maximum Gasteiger partial charge on any atom is 0.270 e. The Hall–Kier alpha value is -3.44. The number of nitro benzene ring substituents is 1. The SMILES string of the molecule is O=C(Nc1ccccc1Cl)C(=Cc1cccc([N+](=O)[O-])c1)c1ccccc1. The van der Waals surface area contributed by atoms with Crippen molar-refractivity contribution in [2.24, 2.45) is 0 Å². The van der Waals surface area contributed by atoms with Crippen LogP contribution in [0.2, 0.25) is 5.02 Å². The van der Waals surface area contributed by atoms with Crippen LogP contribution in [-0.2, 0) is 4.79 Å². The fraction of sp³-hybridized carbons (Fsp3) is 0. The molecule has 0 aliphatic carbocycles. The molecule has 0 unspecified atom stereocenters. The Morgan fingerprint density at radius 2 is 1.67 bits per heavy atom. The molecule has 0 radical (unpaired) electrons. The Balaban J connectivity index is 2.01. The van der Waals surface area contributed by atoms with Crippen LogP contribution in [0.1, 0.15) is 11.1 Å². The topological polar surface area (TPSA) is 72.2 Å². The van der Waals surface area contributed by atoms with Gasteiger partial charge in [0.1, 0.15) is 0 Å². The summed E-state index contributed by atoms with van der Waals surface area (Å²) >= 11 is 6.13. The Morgan fingerprint density at radius 1 is 0.963 bits per heavy atom. The summed E-state index contributed by atoms with van der Waals surface area (Å²) in [6.07, 6.45) is 1.62. The molecular formula is C21H15ClN2O3. The van der Waals surface area contributed by atoms with E-state index in [0.29, 0.717) is 27.4 Å². The van der Waals surface area contributed by atoms with Gasteiger partial charge in [0.2, 0.25) is 0 Å². The van der Waals surface area contributed by atoms with Gasteiger partial charge >= 0.3 is 0 Å². The lowest BCUT2D eigenvalue weighted by Crippen LogP contribution is -2.14. The summed E-state index contributed by atoms with van der Waals surface area (Å²) in [5.74, 6) is -0.360. The van der Waals surface area contributed by atoms with Crippen molar-refractivity contribution in [3.8, 4) is 0 Å². The molecule has 1 N–H and O–H groups in total. The zero-order valence-electron chi connectivity index (χ0n) is 14.1. The maximum absolute atomic E-state index is 12.9. The van der Waals surface area contributed by atoms with Crippen LogP contribution >= 0.6 is 11.6 Å². The van der Waals surface area contributed by atoms with Crippen LogP contribution in [-0.4, -0.2) is 10.8 Å². The van der Waals surface area contributed by atoms with Crippen molar-refractivity contribution < 1.29 is 9.72 Å². The minimum atomic E-state index is -0.469. The van der Waals surface area contributed by atoms with E-state index in [1.165, 1.54) is 12.1 Å². The Morgan fingerprint density at radius 3 is 2.37 bits per heavy atom. The quantitative estimate of drug-likeness (QED) is 0.278. The minimum absolute atomic E-state index is 0.0392. The van der Waals surface area contributed by atoms with Gasteiger partial charge in [-0.1, -0.05) is 66.2 Å². The van der Waals surface area contributed by atoms with E-state index in [1.807, 2.05) is 18.2 Å². The smallest absolute Gasteiger partial charge is 0.270 e. The molecule has 3 aromatic rings. The first kappa shape index (κ1) is 18.4. The van der Waals surface area contributed by atoms with Crippen LogP contribution < -0.4 is 5.32 Å². The lowest BCUT2D eigenvalue weighted by molar-refractivity contribution is -0.384. The summed E-state index contributed by atoms with van der Waals surface area (Å²) in [6, 6.07) is 22.1. The van der Waals surface area contributed by atoms with E-state index in [0.717, 1.165) is 0 Å². The van der Waals surface area contributed by atoms with E-state index in [-0.39, 0.29) is 11.6 Å². The van der Waals surface area contributed by atoms with Gasteiger partial charge in [-0.3, -0.25) is 14.9 Å². The predicted molar refractivity (Wildman–Crippen MR) is 107 cm³/mol. The van der Waals surface area contributed by atoms with Crippen LogP contribution in [0.25, 0.3) is 11.6 Å². The van der Waals surface area contributed by atoms with Gasteiger partial charge in [0.15, 0.2) is 0 Å². The van der Waals surface area contributed by atoms with Crippen molar-refractivity contribution in [3.63, 3.8) is 0 Å². The van der Waals surface area contributed by atoms with Crippen molar-refractivity contribution in [2.75, 3.05) is 5.32 Å². The minimum Gasteiger partial charge on any atom is -0.321 e. The molecule has 6 heteroatoms. The highest BCUT2D eigenvalue weighted by Crippen LogP contribution is 2.25. The number of hydrogen-bond donors (Lipinski definition) is 1. The molecule has 5 nitrogen and oxygen atoms in total. The van der Waals surface area contributed by atoms with Gasteiger partial charge in [-0.2, -0.15) is 0 Å². The van der Waals surface area contributed by atoms with Gasteiger partial charge in [-0.15, -0.1) is 0 Å². The lowest BCUT2D eigenvalue weighted by atomic mass is 10.0. The molecule has 0 atom stereocenters. The van der Waals surface area contributed by atoms with E-state index in [4.69, 9.17) is 11.6 Å². The van der Waals surface area contributed by atoms with Crippen molar-refractivity contribution in [1.29, 1.82) is 0 Å². The number of anilines is 1. The van der Waals surface area contributed by atoms with E-state index in [9.17, 15) is 14.9 Å². The van der Waals surface area contributed by atoms with Crippen LogP contribution in [0, 0.1) is 10.1 Å². The Kier molecular flexibility index (Phi) is 5.64. The first-order valence-electron chi connectivity index (χ1n) is 8.12. The third-order valence-electron chi connectivity index (χ3n) is 3.84. The van der Waals surface area contributed by atoms with Gasteiger partial charge in [0.05, 0.1) is 15.6 Å². The average Bonchev–Trinajstić information content (AvgIpc) is 2.68. The highest BCUT2D eigenvalue weighted by atomic mass is 35.5. The standard InChI is InChI=1S/C21H15ClN2O3/c22-19-11-4-5-12-20(19)23-21(25)18(16-8-2-1-3-9-16)14-15-7-6-10-17(13-15)24(26)27/h1-14H,(H,23,25). The molecule has 0 aromatic heterocycles. The molecule has 27 heavy (non-hydrogen) atoms. The van der Waals surface area contributed by atoms with Crippen molar-refractivity contribution in [3.05, 3.63) is 105 Å². The summed E-state index contributed by atoms with van der Waals surface area (Å²) < 4.78 is 0. The maximum atomic E-state index is 12.9. The molecule has 0 saturated carbocycles. The molecule has 0 bridgehead atoms. The molecule has 0 aliphatic rings. The summed E-state index contributed by atoms with van der Waals surface area (Å²) in [7, 11) is 0. The van der Waals surface area contributed by atoms with Gasteiger partial charge in [0.25, 0.3) is 11.6 Å². The number of amides is 1. The van der Waals surface area contributed by atoms with Crippen LogP contribution in [0.15, 0.2) is 78.9 Å². The summed E-state index contributed by atoms with van der Waals surface area (Å²) in [4.78, 5) is 23.5. The first-order valence-corrected chi connectivity index (χ1v) is 8.50. The van der Waals surface area contributed by atoms with Crippen LogP contribution in [0.3, 0.4) is 0 Å². The highest BCUT2D eigenvalue weighted by molar-refractivity contribution is 6.35. The van der Waals surface area contributed by atoms with Crippen molar-refractivity contribution in [1.82, 2.24) is 0 Å². The predicted octanol–water partition coefficient (Wildman–Crippen LogP) is 5.43. The molecule has 0 heterocycles. The Bertz CT molecular complexity index is 1020. The fourth-order valence-corrected chi connectivity index (χ4v) is 2.73. The number of para-hydroxylation sites is 1. The molecule has 3 aromatic carbocycles. The van der Waals surface area contributed by atoms with Gasteiger partial charge in [-0.25, -0.2) is 0 Å². The largest absolute Gasteiger partial charge is 0.321 e. The number of benzene rings is 3. The first-order chi connectivity index (χ1) is 13.0. The lowest BCUT2D eigenvalue weighted by Gasteiger charge is -2.11. The normalized spacial score (nSPS) is 11.1. The second-order valence-electron chi connectivity index (χ2n) is 5.71. The van der Waals surface area contributed by atoms with Gasteiger partial charge < -0.3 is 5.32 Å². The van der Waals surface area contributed by atoms with Crippen molar-refractivity contribution in [2.45, 2.75) is 0 Å². The van der Waals surface area contributed by atoms with E-state index < -0.39 is 4.92 Å². The summed E-state index contributed by atoms with van der Waals surface area (Å²) in [5.41, 5.74) is 2.06. The number of rotatable bonds is 5. The second kappa shape index (κ2) is 8.29. The highest BCUT2D eigenvalue weighted by Gasteiger charge is 2.14. The average molecular weight is 379 g/mol. The molecule has 0 aliphatic heterocycles. The number of nitrogens with zero attached hydrogens (tertiary/aromatic N) is 1. The van der Waals surface area contributed by atoms with E-state index in [1.54, 1.807) is 54.6 Å². The van der Waals surface area contributed by atoms with Crippen LogP contribution in [0.4, 0.5) is 11.4 Å². The monoisotopic (exact) mass is 378 g/mol. The molecule has 134 valence electrons. The summed E-state index contributed by atoms with van der Waals surface area (Å²) in [5, 5.41) is 14.2. The number of carbonyl (C=O) groups is 1. The third kappa shape index (κ3) is 4.59. The molecule has 1 amide bonds. The number of non-ortho nitro benzene ring substituents is 1. The summed E-state index contributed by atoms with van der Waals surface area (Å²) in [6.45, 7) is 0. The molecule has 0 fully saturated rings. The molecular weight excluding hydrogens is 364 g/mol. The van der Waals surface area contributed by atoms with Crippen molar-refractivity contribution >= 4 is 40.5 Å². The second-order valence-corrected chi connectivity index (χ2v) is 6.12. The van der Waals surface area contributed by atoms with Gasteiger partial charge in [-0.05, 0) is 29.3 Å². The number of halogens is 1. The fourth-order valence-electron chi connectivity index (χ4n) is 2.54. The number of nitro groups is 1. The molecule has 3 rings (SSSR count). The third-order valence-corrected chi connectivity index (χ3v) is 4.17. The number of carbonyl (C=O) groups excluding carboxylic acids is 1. The zero-order chi connectivity index (χ0) is 19.2. The van der Waals surface area contributed by atoms with Crippen LogP contribution in [0.5, 0.6) is 0 Å². The molecule has 0 spiro atoms.